The number of nitrogens with zero attached hydrogens (tertiary/aromatic N) is 3. The van der Waals surface area contributed by atoms with Crippen molar-refractivity contribution >= 4 is 17.2 Å². The predicted octanol–water partition coefficient (Wildman–Crippen LogP) is 2.74. The number of carbonyl (C=O) groups excluding carboxylic acids is 1. The normalized spacial score (nSPS) is 10.9. The molecule has 0 atom stereocenters. The van der Waals surface area contributed by atoms with Crippen LogP contribution in [0.25, 0.3) is 10.9 Å². The molecule has 0 saturated carbocycles. The van der Waals surface area contributed by atoms with E-state index in [1.165, 1.54) is 5.52 Å². The number of imidazole rings is 1. The molecule has 3 rings (SSSR count). The molecule has 4 nitrogen and oxygen atoms in total. The Morgan fingerprint density at radius 1 is 1.16 bits per heavy atom. The van der Waals surface area contributed by atoms with E-state index in [2.05, 4.69) is 26.4 Å². The van der Waals surface area contributed by atoms with Crippen LogP contribution in [0.1, 0.15) is 16.8 Å². The summed E-state index contributed by atoms with van der Waals surface area (Å²) in [4.78, 5) is 14.8. The summed E-state index contributed by atoms with van der Waals surface area (Å²) in [6.45, 7) is 1.92. The Labute approximate surface area is 111 Å². The second-order valence-electron chi connectivity index (χ2n) is 4.60. The fraction of sp³-hybridized carbons (Fsp3) is 0.200. The van der Waals surface area contributed by atoms with Crippen molar-refractivity contribution in [3.05, 3.63) is 54.7 Å². The van der Waals surface area contributed by atoms with Crippen molar-refractivity contribution in [3.63, 3.8) is 0 Å². The lowest BCUT2D eigenvalue weighted by molar-refractivity contribution is 0.112. The van der Waals surface area contributed by atoms with Crippen molar-refractivity contribution in [2.24, 2.45) is 0 Å². The monoisotopic (exact) mass is 253 g/mol. The first kappa shape index (κ1) is 11.7. The molecule has 0 amide bonds. The Bertz CT molecular complexity index is 683. The van der Waals surface area contributed by atoms with Crippen molar-refractivity contribution in [1.29, 1.82) is 0 Å². The summed E-state index contributed by atoms with van der Waals surface area (Å²) in [7, 11) is 0. The molecule has 0 radical (unpaired) electrons. The first-order valence-electron chi connectivity index (χ1n) is 6.36. The van der Waals surface area contributed by atoms with E-state index in [0.29, 0.717) is 0 Å². The second kappa shape index (κ2) is 5.10. The number of rotatable bonds is 5. The molecular weight excluding hydrogens is 238 g/mol. The molecule has 1 aromatic carbocycles. The van der Waals surface area contributed by atoms with E-state index in [1.807, 2.05) is 30.7 Å². The van der Waals surface area contributed by atoms with Gasteiger partial charge < -0.3 is 9.13 Å². The maximum atomic E-state index is 10.7. The van der Waals surface area contributed by atoms with E-state index in [4.69, 9.17) is 0 Å². The molecule has 0 bridgehead atoms. The minimum atomic E-state index is 0.726. The Hall–Kier alpha value is -2.36. The van der Waals surface area contributed by atoms with Crippen LogP contribution < -0.4 is 0 Å². The van der Waals surface area contributed by atoms with Crippen LogP contribution in [-0.4, -0.2) is 20.4 Å². The minimum absolute atomic E-state index is 0.726. The van der Waals surface area contributed by atoms with Crippen molar-refractivity contribution in [3.8, 4) is 0 Å². The van der Waals surface area contributed by atoms with Gasteiger partial charge in [-0.05, 0) is 30.7 Å². The zero-order valence-electron chi connectivity index (χ0n) is 10.6. The molecule has 0 unspecified atom stereocenters. The van der Waals surface area contributed by atoms with Gasteiger partial charge in [0.2, 0.25) is 0 Å². The molecule has 0 aliphatic rings. The zero-order valence-corrected chi connectivity index (χ0v) is 10.6. The van der Waals surface area contributed by atoms with Gasteiger partial charge in [-0.25, -0.2) is 4.98 Å². The van der Waals surface area contributed by atoms with Gasteiger partial charge in [-0.2, -0.15) is 0 Å². The highest BCUT2D eigenvalue weighted by Gasteiger charge is 2.02. The van der Waals surface area contributed by atoms with Crippen molar-refractivity contribution in [2.75, 3.05) is 0 Å². The van der Waals surface area contributed by atoms with Gasteiger partial charge in [-0.3, -0.25) is 4.79 Å². The highest BCUT2D eigenvalue weighted by atomic mass is 16.1. The molecule has 0 spiro atoms. The molecule has 19 heavy (non-hydrogen) atoms. The number of aldehydes is 1. The zero-order chi connectivity index (χ0) is 13.1. The van der Waals surface area contributed by atoms with Crippen molar-refractivity contribution in [2.45, 2.75) is 19.5 Å². The summed E-state index contributed by atoms with van der Waals surface area (Å²) in [6.07, 6.45) is 9.62. The average molecular weight is 253 g/mol. The second-order valence-corrected chi connectivity index (χ2v) is 4.60. The predicted molar refractivity (Wildman–Crippen MR) is 74.2 cm³/mol. The minimum Gasteiger partial charge on any atom is -0.347 e. The van der Waals surface area contributed by atoms with E-state index in [0.717, 1.165) is 36.7 Å². The smallest absolute Gasteiger partial charge is 0.150 e. The molecular formula is C15H15N3O. The molecule has 0 aliphatic heterocycles. The van der Waals surface area contributed by atoms with Crippen LogP contribution in [0.3, 0.4) is 0 Å². The fourth-order valence-corrected chi connectivity index (χ4v) is 2.33. The van der Waals surface area contributed by atoms with Gasteiger partial charge in [0, 0.05) is 48.1 Å². The quantitative estimate of drug-likeness (QED) is 0.656. The highest BCUT2D eigenvalue weighted by Crippen LogP contribution is 2.17. The van der Waals surface area contributed by atoms with Crippen LogP contribution in [0, 0.1) is 0 Å². The lowest BCUT2D eigenvalue weighted by Crippen LogP contribution is -2.01. The first-order valence-corrected chi connectivity index (χ1v) is 6.36. The number of benzene rings is 1. The van der Waals surface area contributed by atoms with Gasteiger partial charge >= 0.3 is 0 Å². The molecule has 0 N–H and O–H groups in total. The number of hydrogen-bond acceptors (Lipinski definition) is 2. The summed E-state index contributed by atoms with van der Waals surface area (Å²) in [6, 6.07) is 7.85. The molecule has 3 aromatic rings. The van der Waals surface area contributed by atoms with Crippen LogP contribution in [-0.2, 0) is 13.1 Å². The first-order chi connectivity index (χ1) is 9.36. The SMILES string of the molecule is O=Cc1ccc2c(ccn2CCCn2ccnc2)c1. The van der Waals surface area contributed by atoms with E-state index in [9.17, 15) is 4.79 Å². The summed E-state index contributed by atoms with van der Waals surface area (Å²) < 4.78 is 4.30. The molecule has 96 valence electrons. The van der Waals surface area contributed by atoms with Gasteiger partial charge in [0.15, 0.2) is 0 Å². The van der Waals surface area contributed by atoms with Crippen molar-refractivity contribution in [1.82, 2.24) is 14.1 Å². The molecule has 0 saturated heterocycles. The maximum absolute atomic E-state index is 10.7. The van der Waals surface area contributed by atoms with Gasteiger partial charge in [0.05, 0.1) is 6.33 Å². The standard InChI is InChI=1S/C15H15N3O/c19-11-13-2-3-15-14(10-13)4-8-18(15)7-1-6-17-9-5-16-12-17/h2-5,8-12H,1,6-7H2. The van der Waals surface area contributed by atoms with E-state index < -0.39 is 0 Å². The lowest BCUT2D eigenvalue weighted by Gasteiger charge is -2.06. The van der Waals surface area contributed by atoms with E-state index >= 15 is 0 Å². The molecule has 0 fully saturated rings. The number of hydrogen-bond donors (Lipinski definition) is 0. The Balaban J connectivity index is 1.72. The topological polar surface area (TPSA) is 39.8 Å². The maximum Gasteiger partial charge on any atom is 0.150 e. The third-order valence-corrected chi connectivity index (χ3v) is 3.31. The number of aromatic nitrogens is 3. The Morgan fingerprint density at radius 2 is 2.11 bits per heavy atom. The lowest BCUT2D eigenvalue weighted by atomic mass is 10.2. The van der Waals surface area contributed by atoms with Crippen LogP contribution in [0.4, 0.5) is 0 Å². The number of carbonyl (C=O) groups is 1. The third-order valence-electron chi connectivity index (χ3n) is 3.31. The van der Waals surface area contributed by atoms with Crippen LogP contribution in [0.15, 0.2) is 49.2 Å². The summed E-state index contributed by atoms with van der Waals surface area (Å²) in [5.74, 6) is 0. The van der Waals surface area contributed by atoms with Gasteiger partial charge in [-0.15, -0.1) is 0 Å². The Morgan fingerprint density at radius 3 is 2.89 bits per heavy atom. The van der Waals surface area contributed by atoms with E-state index in [1.54, 1.807) is 6.20 Å². The fourth-order valence-electron chi connectivity index (χ4n) is 2.33. The van der Waals surface area contributed by atoms with Gasteiger partial charge in [-0.1, -0.05) is 0 Å². The van der Waals surface area contributed by atoms with Crippen LogP contribution >= 0.6 is 0 Å². The molecule has 2 heterocycles. The number of fused-ring (bicyclic) bond motifs is 1. The molecule has 4 heteroatoms. The van der Waals surface area contributed by atoms with Crippen LogP contribution in [0.2, 0.25) is 0 Å². The van der Waals surface area contributed by atoms with Crippen LogP contribution in [0.5, 0.6) is 0 Å². The van der Waals surface area contributed by atoms with Gasteiger partial charge in [0.1, 0.15) is 6.29 Å². The largest absolute Gasteiger partial charge is 0.347 e. The van der Waals surface area contributed by atoms with E-state index in [-0.39, 0.29) is 0 Å². The summed E-state index contributed by atoms with van der Waals surface area (Å²) >= 11 is 0. The molecule has 2 aromatic heterocycles. The summed E-state index contributed by atoms with van der Waals surface area (Å²) in [5.41, 5.74) is 1.90. The molecule has 0 aliphatic carbocycles. The Kier molecular flexibility index (Phi) is 3.14. The highest BCUT2D eigenvalue weighted by molar-refractivity contribution is 5.87. The summed E-state index contributed by atoms with van der Waals surface area (Å²) in [5, 5.41) is 1.12. The van der Waals surface area contributed by atoms with Gasteiger partial charge in [0.25, 0.3) is 0 Å². The number of aryl methyl sites for hydroxylation is 2. The third kappa shape index (κ3) is 2.42. The van der Waals surface area contributed by atoms with Crippen molar-refractivity contribution < 1.29 is 4.79 Å². The average Bonchev–Trinajstić information content (AvgIpc) is 3.08.